The standard InChI is InChI=1S/C47H37N3O8S/c1-31(51)57-41-28-38(45(55)58-43(32-17-7-2-8-18-32)33-19-9-3-10-20-33)34(27-40(41)52)29-56-50-42(44(53)54)39-30-59-46(48-39)49-47(35-21-11-4-12-22-35,36-23-13-5-14-24-36)37-25-15-6-16-26-37/h2-28,30,43,52H,29H2,1H3,(H,48,49)(H,53,54)/b50-42+. The molecular formula is C47H37N3O8S. The fraction of sp³-hybridized carbons (Fsp3) is 0.0851. The van der Waals surface area contributed by atoms with E-state index in [0.29, 0.717) is 16.3 Å². The number of nitrogens with zero attached hydrogens (tertiary/aromatic N) is 2. The van der Waals surface area contributed by atoms with E-state index in [1.165, 1.54) is 23.5 Å². The van der Waals surface area contributed by atoms with Crippen LogP contribution in [-0.2, 0) is 31.3 Å². The van der Waals surface area contributed by atoms with E-state index in [2.05, 4.69) is 15.5 Å². The van der Waals surface area contributed by atoms with Gasteiger partial charge >= 0.3 is 17.9 Å². The summed E-state index contributed by atoms with van der Waals surface area (Å²) >= 11 is 1.19. The molecule has 0 unspecified atom stereocenters. The van der Waals surface area contributed by atoms with Gasteiger partial charge in [-0.1, -0.05) is 157 Å². The molecular weight excluding hydrogens is 767 g/mol. The largest absolute Gasteiger partial charge is 0.504 e. The van der Waals surface area contributed by atoms with Crippen molar-refractivity contribution in [2.24, 2.45) is 5.16 Å². The molecule has 294 valence electrons. The number of anilines is 1. The third-order valence-electron chi connectivity index (χ3n) is 9.33. The average molecular weight is 804 g/mol. The topological polar surface area (TPSA) is 157 Å². The van der Waals surface area contributed by atoms with Gasteiger partial charge in [0.1, 0.15) is 17.8 Å². The van der Waals surface area contributed by atoms with Gasteiger partial charge in [-0.05, 0) is 39.9 Å². The highest BCUT2D eigenvalue weighted by Gasteiger charge is 2.37. The SMILES string of the molecule is CC(=O)Oc1cc(C(=O)OC(c2ccccc2)c2ccccc2)c(CO/N=C(/C(=O)O)c2csc(NC(c3ccccc3)(c3ccccc3)c3ccccc3)n2)cc1O. The molecule has 7 rings (SSSR count). The number of esters is 2. The van der Waals surface area contributed by atoms with Crippen molar-refractivity contribution in [3.8, 4) is 11.5 Å². The predicted octanol–water partition coefficient (Wildman–Crippen LogP) is 9.13. The van der Waals surface area contributed by atoms with Gasteiger partial charge in [0.15, 0.2) is 22.7 Å². The van der Waals surface area contributed by atoms with Crippen LogP contribution in [-0.4, -0.2) is 38.8 Å². The van der Waals surface area contributed by atoms with E-state index in [1.54, 1.807) is 5.38 Å². The predicted molar refractivity (Wildman–Crippen MR) is 223 cm³/mol. The summed E-state index contributed by atoms with van der Waals surface area (Å²) in [6.07, 6.45) is -0.821. The van der Waals surface area contributed by atoms with Gasteiger partial charge in [0.2, 0.25) is 5.71 Å². The summed E-state index contributed by atoms with van der Waals surface area (Å²) in [4.78, 5) is 48.7. The fourth-order valence-corrected chi connectivity index (χ4v) is 7.41. The summed E-state index contributed by atoms with van der Waals surface area (Å²) in [5.74, 6) is -3.71. The van der Waals surface area contributed by atoms with E-state index in [0.717, 1.165) is 23.6 Å². The number of nitrogens with one attached hydrogen (secondary N) is 1. The van der Waals surface area contributed by atoms with Gasteiger partial charge in [0.25, 0.3) is 0 Å². The van der Waals surface area contributed by atoms with Gasteiger partial charge < -0.3 is 29.8 Å². The molecule has 1 aromatic heterocycles. The van der Waals surface area contributed by atoms with Crippen LogP contribution in [0.25, 0.3) is 0 Å². The Morgan fingerprint density at radius 3 is 1.71 bits per heavy atom. The van der Waals surface area contributed by atoms with E-state index in [4.69, 9.17) is 14.3 Å². The van der Waals surface area contributed by atoms with Crippen LogP contribution in [0.1, 0.15) is 62.5 Å². The number of ether oxygens (including phenoxy) is 2. The van der Waals surface area contributed by atoms with Crippen LogP contribution < -0.4 is 10.1 Å². The molecule has 0 aliphatic carbocycles. The van der Waals surface area contributed by atoms with Gasteiger partial charge in [0, 0.05) is 17.9 Å². The van der Waals surface area contributed by atoms with Crippen molar-refractivity contribution in [3.05, 3.63) is 214 Å². The summed E-state index contributed by atoms with van der Waals surface area (Å²) < 4.78 is 11.2. The van der Waals surface area contributed by atoms with Crippen LogP contribution in [0.5, 0.6) is 11.5 Å². The summed E-state index contributed by atoms with van der Waals surface area (Å²) in [6, 6.07) is 50.3. The monoisotopic (exact) mass is 803 g/mol. The number of aromatic hydroxyl groups is 1. The molecule has 0 saturated carbocycles. The molecule has 0 radical (unpaired) electrons. The number of hydrogen-bond donors (Lipinski definition) is 3. The number of phenols is 1. The maximum Gasteiger partial charge on any atom is 0.360 e. The number of phenolic OH excluding ortho intramolecular Hbond substituents is 1. The van der Waals surface area contributed by atoms with E-state index >= 15 is 0 Å². The number of aromatic nitrogens is 1. The van der Waals surface area contributed by atoms with Gasteiger partial charge in [-0.15, -0.1) is 11.3 Å². The highest BCUT2D eigenvalue weighted by Crippen LogP contribution is 2.41. The fourth-order valence-electron chi connectivity index (χ4n) is 6.66. The molecule has 12 heteroatoms. The number of carbonyl (C=O) groups is 3. The summed E-state index contributed by atoms with van der Waals surface area (Å²) in [7, 11) is 0. The number of carboxylic acids is 1. The molecule has 3 N–H and O–H groups in total. The van der Waals surface area contributed by atoms with Gasteiger partial charge in [-0.25, -0.2) is 14.6 Å². The van der Waals surface area contributed by atoms with Crippen LogP contribution in [0.15, 0.2) is 174 Å². The van der Waals surface area contributed by atoms with Gasteiger partial charge in [-0.2, -0.15) is 0 Å². The molecule has 0 atom stereocenters. The first-order chi connectivity index (χ1) is 28.7. The van der Waals surface area contributed by atoms with E-state index in [-0.39, 0.29) is 22.6 Å². The maximum atomic E-state index is 14.0. The molecule has 0 saturated heterocycles. The Labute approximate surface area is 343 Å². The van der Waals surface area contributed by atoms with Gasteiger partial charge in [0.05, 0.1) is 5.56 Å². The molecule has 0 aliphatic heterocycles. The summed E-state index contributed by atoms with van der Waals surface area (Å²) in [5.41, 5.74) is 2.77. The van der Waals surface area contributed by atoms with E-state index in [1.807, 2.05) is 152 Å². The lowest BCUT2D eigenvalue weighted by Gasteiger charge is -2.36. The minimum absolute atomic E-state index is 0.0225. The maximum absolute atomic E-state index is 14.0. The number of rotatable bonds is 15. The van der Waals surface area contributed by atoms with Crippen LogP contribution in [0.4, 0.5) is 5.13 Å². The number of oxime groups is 1. The van der Waals surface area contributed by atoms with Crippen molar-refractivity contribution in [2.75, 3.05) is 5.32 Å². The lowest BCUT2D eigenvalue weighted by Crippen LogP contribution is -2.38. The van der Waals surface area contributed by atoms with Crippen molar-refractivity contribution in [1.29, 1.82) is 0 Å². The Balaban J connectivity index is 1.19. The average Bonchev–Trinajstić information content (AvgIpc) is 3.73. The second-order valence-electron chi connectivity index (χ2n) is 13.2. The minimum atomic E-state index is -1.41. The molecule has 59 heavy (non-hydrogen) atoms. The molecule has 1 heterocycles. The van der Waals surface area contributed by atoms with Crippen LogP contribution in [0, 0.1) is 0 Å². The smallest absolute Gasteiger partial charge is 0.360 e. The normalized spacial score (nSPS) is 11.5. The van der Waals surface area contributed by atoms with Crippen molar-refractivity contribution in [3.63, 3.8) is 0 Å². The second kappa shape index (κ2) is 18.1. The number of carboxylic acid groups (broad SMARTS) is 1. The molecule has 7 aromatic rings. The summed E-state index contributed by atoms with van der Waals surface area (Å²) in [6.45, 7) is 0.673. The number of thiazole rings is 1. The molecule has 0 fully saturated rings. The molecule has 11 nitrogen and oxygen atoms in total. The molecule has 0 bridgehead atoms. The third kappa shape index (κ3) is 9.03. The third-order valence-corrected chi connectivity index (χ3v) is 10.1. The van der Waals surface area contributed by atoms with Crippen LogP contribution in [0.3, 0.4) is 0 Å². The minimum Gasteiger partial charge on any atom is -0.504 e. The molecule has 0 aliphatic rings. The Hall–Kier alpha value is -7.57. The highest BCUT2D eigenvalue weighted by molar-refractivity contribution is 7.14. The lowest BCUT2D eigenvalue weighted by molar-refractivity contribution is -0.132. The zero-order valence-corrected chi connectivity index (χ0v) is 32.4. The quantitative estimate of drug-likeness (QED) is 0.0300. The lowest BCUT2D eigenvalue weighted by atomic mass is 9.77. The van der Waals surface area contributed by atoms with Crippen LogP contribution >= 0.6 is 11.3 Å². The first-order valence-electron chi connectivity index (χ1n) is 18.4. The Kier molecular flexibility index (Phi) is 12.2. The van der Waals surface area contributed by atoms with Crippen molar-refractivity contribution in [2.45, 2.75) is 25.2 Å². The number of carbonyl (C=O) groups excluding carboxylic acids is 2. The van der Waals surface area contributed by atoms with E-state index in [9.17, 15) is 24.6 Å². The molecule has 6 aromatic carbocycles. The zero-order chi connectivity index (χ0) is 41.2. The van der Waals surface area contributed by atoms with Crippen molar-refractivity contribution < 1.29 is 38.9 Å². The molecule has 0 amide bonds. The molecule has 0 spiro atoms. The highest BCUT2D eigenvalue weighted by atomic mass is 32.1. The van der Waals surface area contributed by atoms with E-state index < -0.39 is 47.6 Å². The Bertz CT molecular complexity index is 2430. The number of aliphatic carboxylic acids is 1. The zero-order valence-electron chi connectivity index (χ0n) is 31.6. The second-order valence-corrected chi connectivity index (χ2v) is 14.1. The number of hydrogen-bond acceptors (Lipinski definition) is 11. The van der Waals surface area contributed by atoms with Crippen molar-refractivity contribution in [1.82, 2.24) is 4.98 Å². The number of benzene rings is 6. The van der Waals surface area contributed by atoms with Crippen molar-refractivity contribution >= 4 is 40.1 Å². The first kappa shape index (κ1) is 39.7. The van der Waals surface area contributed by atoms with Crippen LogP contribution in [0.2, 0.25) is 0 Å². The Morgan fingerprint density at radius 2 is 1.24 bits per heavy atom. The first-order valence-corrected chi connectivity index (χ1v) is 19.3. The summed E-state index contributed by atoms with van der Waals surface area (Å²) in [5, 5.41) is 30.6. The van der Waals surface area contributed by atoms with Gasteiger partial charge in [-0.3, -0.25) is 4.79 Å². The Morgan fingerprint density at radius 1 is 0.746 bits per heavy atom.